The van der Waals surface area contributed by atoms with Crippen LogP contribution in [0.4, 0.5) is 5.82 Å². The number of nitrogens with one attached hydrogen (secondary N) is 1. The molecule has 0 aliphatic carbocycles. The summed E-state index contributed by atoms with van der Waals surface area (Å²) < 4.78 is 9.92. The molecular weight excluding hydrogens is 336 g/mol. The molecule has 7 heteroatoms. The van der Waals surface area contributed by atoms with Crippen LogP contribution in [0.25, 0.3) is 0 Å². The van der Waals surface area contributed by atoms with E-state index in [0.717, 1.165) is 11.3 Å². The summed E-state index contributed by atoms with van der Waals surface area (Å²) in [6.07, 6.45) is 1.87. The van der Waals surface area contributed by atoms with Crippen LogP contribution in [-0.4, -0.2) is 31.4 Å². The van der Waals surface area contributed by atoms with Crippen molar-refractivity contribution in [1.29, 1.82) is 0 Å². The second-order valence-electron chi connectivity index (χ2n) is 4.57. The summed E-state index contributed by atoms with van der Waals surface area (Å²) in [6, 6.07) is 9.20. The molecule has 0 bridgehead atoms. The van der Waals surface area contributed by atoms with E-state index in [1.165, 1.54) is 18.9 Å². The van der Waals surface area contributed by atoms with Crippen molar-refractivity contribution in [2.75, 3.05) is 25.8 Å². The van der Waals surface area contributed by atoms with Gasteiger partial charge in [-0.15, -0.1) is 11.8 Å². The number of rotatable bonds is 6. The number of aromatic nitrogens is 1. The Morgan fingerprint density at radius 3 is 2.57 bits per heavy atom. The Bertz CT molecular complexity index is 692. The van der Waals surface area contributed by atoms with Crippen molar-refractivity contribution < 1.29 is 14.3 Å². The number of ether oxygens (including phenoxy) is 2. The highest BCUT2D eigenvalue weighted by Gasteiger charge is 2.17. The Labute approximate surface area is 144 Å². The summed E-state index contributed by atoms with van der Waals surface area (Å²) in [5.41, 5.74) is 1.34. The molecule has 23 heavy (non-hydrogen) atoms. The van der Waals surface area contributed by atoms with E-state index in [1.807, 2.05) is 30.5 Å². The molecule has 0 radical (unpaired) electrons. The highest BCUT2D eigenvalue weighted by molar-refractivity contribution is 7.98. The quantitative estimate of drug-likeness (QED) is 0.629. The van der Waals surface area contributed by atoms with Crippen LogP contribution in [0.3, 0.4) is 0 Å². The predicted octanol–water partition coefficient (Wildman–Crippen LogP) is 3.86. The average Bonchev–Trinajstić information content (AvgIpc) is 2.60. The van der Waals surface area contributed by atoms with Gasteiger partial charge in [0.2, 0.25) is 0 Å². The molecule has 0 unspecified atom stereocenters. The number of hydrogen-bond acceptors (Lipinski definition) is 6. The number of thioether (sulfide) groups is 1. The van der Waals surface area contributed by atoms with Gasteiger partial charge in [0.15, 0.2) is 0 Å². The van der Waals surface area contributed by atoms with E-state index in [4.69, 9.17) is 21.1 Å². The lowest BCUT2D eigenvalue weighted by molar-refractivity contribution is 0.0601. The normalized spacial score (nSPS) is 10.3. The van der Waals surface area contributed by atoms with Gasteiger partial charge < -0.3 is 14.8 Å². The molecule has 0 saturated heterocycles. The van der Waals surface area contributed by atoms with Gasteiger partial charge in [0.25, 0.3) is 0 Å². The minimum absolute atomic E-state index is 0.309. The summed E-state index contributed by atoms with van der Waals surface area (Å²) >= 11 is 7.53. The van der Waals surface area contributed by atoms with E-state index in [1.54, 1.807) is 13.2 Å². The van der Waals surface area contributed by atoms with E-state index in [9.17, 15) is 4.79 Å². The molecular formula is C16H17ClN2O3S. The van der Waals surface area contributed by atoms with Gasteiger partial charge in [0, 0.05) is 6.54 Å². The third kappa shape index (κ3) is 4.30. The summed E-state index contributed by atoms with van der Waals surface area (Å²) in [5, 5.41) is 4.23. The van der Waals surface area contributed by atoms with Crippen molar-refractivity contribution in [3.05, 3.63) is 46.5 Å². The molecule has 1 aromatic heterocycles. The van der Waals surface area contributed by atoms with Gasteiger partial charge in [-0.05, 0) is 30.0 Å². The second kappa shape index (κ2) is 8.08. The van der Waals surface area contributed by atoms with E-state index in [-0.39, 0.29) is 0 Å². The Morgan fingerprint density at radius 1 is 1.30 bits per heavy atom. The first-order chi connectivity index (χ1) is 11.1. The first-order valence-electron chi connectivity index (χ1n) is 6.78. The third-order valence-corrected chi connectivity index (χ3v) is 4.26. The predicted molar refractivity (Wildman–Crippen MR) is 92.7 cm³/mol. The number of esters is 1. The number of anilines is 1. The summed E-state index contributed by atoms with van der Waals surface area (Å²) in [4.78, 5) is 16.3. The minimum atomic E-state index is -0.482. The first-order valence-corrected chi connectivity index (χ1v) is 8.39. The van der Waals surface area contributed by atoms with Crippen LogP contribution in [0.2, 0.25) is 5.02 Å². The molecule has 1 aromatic carbocycles. The molecule has 0 fully saturated rings. The van der Waals surface area contributed by atoms with Crippen LogP contribution in [0.1, 0.15) is 15.9 Å². The molecule has 0 amide bonds. The zero-order chi connectivity index (χ0) is 16.8. The van der Waals surface area contributed by atoms with Crippen LogP contribution < -0.4 is 10.1 Å². The number of benzene rings is 1. The molecule has 1 heterocycles. The van der Waals surface area contributed by atoms with Crippen LogP contribution in [-0.2, 0) is 11.3 Å². The number of pyridine rings is 1. The Balaban J connectivity index is 2.24. The van der Waals surface area contributed by atoms with Crippen molar-refractivity contribution in [2.24, 2.45) is 0 Å². The Hall–Kier alpha value is -1.92. The number of halogens is 1. The Kier molecular flexibility index (Phi) is 6.12. The summed E-state index contributed by atoms with van der Waals surface area (Å²) in [6.45, 7) is 0.510. The number of nitrogens with zero attached hydrogens (tertiary/aromatic N) is 1. The zero-order valence-corrected chi connectivity index (χ0v) is 14.6. The number of methoxy groups -OCH3 is 2. The maximum Gasteiger partial charge on any atom is 0.341 e. The monoisotopic (exact) mass is 352 g/mol. The molecule has 0 atom stereocenters. The van der Waals surface area contributed by atoms with E-state index < -0.39 is 5.97 Å². The molecule has 0 aliphatic heterocycles. The minimum Gasteiger partial charge on any atom is -0.497 e. The summed E-state index contributed by atoms with van der Waals surface area (Å²) in [5.74, 6) is 0.754. The molecule has 122 valence electrons. The van der Waals surface area contributed by atoms with Crippen molar-refractivity contribution in [1.82, 2.24) is 4.98 Å². The first kappa shape index (κ1) is 17.4. The SMILES string of the molecule is COC(=O)c1cc(Cl)c(SC)nc1NCc1ccc(OC)cc1. The Morgan fingerprint density at radius 2 is 2.00 bits per heavy atom. The van der Waals surface area contributed by atoms with Crippen molar-refractivity contribution in [3.63, 3.8) is 0 Å². The maximum absolute atomic E-state index is 11.9. The lowest BCUT2D eigenvalue weighted by atomic mass is 10.2. The highest BCUT2D eigenvalue weighted by Crippen LogP contribution is 2.28. The van der Waals surface area contributed by atoms with Crippen LogP contribution in [0, 0.1) is 0 Å². The molecule has 2 rings (SSSR count). The van der Waals surface area contributed by atoms with Gasteiger partial charge in [-0.25, -0.2) is 9.78 Å². The van der Waals surface area contributed by atoms with E-state index in [2.05, 4.69) is 10.3 Å². The third-order valence-electron chi connectivity index (χ3n) is 3.16. The van der Waals surface area contributed by atoms with Crippen molar-refractivity contribution in [3.8, 4) is 5.75 Å². The number of carbonyl (C=O) groups excluding carboxylic acids is 1. The fourth-order valence-corrected chi connectivity index (χ4v) is 2.76. The molecule has 0 aliphatic rings. The van der Waals surface area contributed by atoms with Crippen molar-refractivity contribution in [2.45, 2.75) is 11.6 Å². The second-order valence-corrected chi connectivity index (χ2v) is 5.77. The van der Waals surface area contributed by atoms with Gasteiger partial charge in [-0.3, -0.25) is 0 Å². The lowest BCUT2D eigenvalue weighted by Crippen LogP contribution is -2.11. The molecule has 0 saturated carbocycles. The standard InChI is InChI=1S/C16H17ClN2O3S/c1-21-11-6-4-10(5-7-11)9-18-14-12(16(20)22-2)8-13(17)15(19-14)23-3/h4-8H,9H2,1-3H3,(H,18,19). The topological polar surface area (TPSA) is 60.5 Å². The zero-order valence-electron chi connectivity index (χ0n) is 13.1. The number of hydrogen-bond donors (Lipinski definition) is 1. The van der Waals surface area contributed by atoms with Gasteiger partial charge in [-0.2, -0.15) is 0 Å². The molecule has 1 N–H and O–H groups in total. The largest absolute Gasteiger partial charge is 0.497 e. The fraction of sp³-hybridized carbons (Fsp3) is 0.250. The molecule has 2 aromatic rings. The van der Waals surface area contributed by atoms with Crippen LogP contribution in [0.15, 0.2) is 35.4 Å². The lowest BCUT2D eigenvalue weighted by Gasteiger charge is -2.12. The van der Waals surface area contributed by atoms with Gasteiger partial charge in [0.05, 0.1) is 19.2 Å². The van der Waals surface area contributed by atoms with Crippen LogP contribution in [0.5, 0.6) is 5.75 Å². The van der Waals surface area contributed by atoms with Gasteiger partial charge >= 0.3 is 5.97 Å². The smallest absolute Gasteiger partial charge is 0.341 e. The van der Waals surface area contributed by atoms with Gasteiger partial charge in [0.1, 0.15) is 22.2 Å². The highest BCUT2D eigenvalue weighted by atomic mass is 35.5. The summed E-state index contributed by atoms with van der Waals surface area (Å²) in [7, 11) is 2.95. The van der Waals surface area contributed by atoms with E-state index >= 15 is 0 Å². The maximum atomic E-state index is 11.9. The van der Waals surface area contributed by atoms with Crippen LogP contribution >= 0.6 is 23.4 Å². The molecule has 5 nitrogen and oxygen atoms in total. The number of carbonyl (C=O) groups is 1. The van der Waals surface area contributed by atoms with Crippen molar-refractivity contribution >= 4 is 35.1 Å². The van der Waals surface area contributed by atoms with Gasteiger partial charge in [-0.1, -0.05) is 23.7 Å². The van der Waals surface area contributed by atoms with E-state index in [0.29, 0.717) is 28.0 Å². The average molecular weight is 353 g/mol. The molecule has 0 spiro atoms. The fourth-order valence-electron chi connectivity index (χ4n) is 1.94.